The van der Waals surface area contributed by atoms with Gasteiger partial charge in [-0.15, -0.1) is 0 Å². The molecule has 0 saturated heterocycles. The van der Waals surface area contributed by atoms with E-state index in [0.717, 1.165) is 66.5 Å². The zero-order valence-electron chi connectivity index (χ0n) is 26.7. The van der Waals surface area contributed by atoms with Gasteiger partial charge in [0.15, 0.2) is 5.69 Å². The lowest BCUT2D eigenvalue weighted by Gasteiger charge is -2.19. The van der Waals surface area contributed by atoms with Crippen molar-refractivity contribution in [2.45, 2.75) is 0 Å². The largest absolute Gasteiger partial charge is 0.309 e. The van der Waals surface area contributed by atoms with Crippen LogP contribution in [0.1, 0.15) is 11.1 Å². The molecule has 7 aromatic carbocycles. The van der Waals surface area contributed by atoms with Gasteiger partial charge in [-0.3, -0.25) is 0 Å². The molecule has 9 rings (SSSR count). The predicted octanol–water partition coefficient (Wildman–Crippen LogP) is 11.5. The Balaban J connectivity index is 1.27. The number of hydrogen-bond acceptors (Lipinski definition) is 2. The maximum atomic E-state index is 10.5. The molecule has 50 heavy (non-hydrogen) atoms. The van der Waals surface area contributed by atoms with Crippen LogP contribution in [-0.2, 0) is 0 Å². The predicted molar refractivity (Wildman–Crippen MR) is 202 cm³/mol. The molecule has 0 N–H and O–H groups in total. The highest BCUT2D eigenvalue weighted by molar-refractivity contribution is 6.11. The summed E-state index contributed by atoms with van der Waals surface area (Å²) in [7, 11) is 0. The van der Waals surface area contributed by atoms with E-state index in [0.29, 0.717) is 16.8 Å². The van der Waals surface area contributed by atoms with Crippen LogP contribution >= 0.6 is 0 Å². The zero-order chi connectivity index (χ0) is 33.8. The summed E-state index contributed by atoms with van der Waals surface area (Å²) in [6.45, 7) is 7.62. The average molecular weight is 636 g/mol. The number of hydrogen-bond donors (Lipinski definition) is 0. The first kappa shape index (κ1) is 28.8. The maximum Gasteiger partial charge on any atom is 0.188 e. The molecule has 0 aliphatic carbocycles. The SMILES string of the molecule is [C-]#[N+]c1ccc2c(c1)c1ccccc1n2-c1cccc(C#N)c1-c1ccc(C#N)cc1-c1ccc(-n2c3ccccc3c3ccccc32)cc1. The number of nitrogens with zero attached hydrogens (tertiary/aromatic N) is 5. The van der Waals surface area contributed by atoms with Crippen molar-refractivity contribution >= 4 is 49.3 Å². The fourth-order valence-corrected chi connectivity index (χ4v) is 7.45. The van der Waals surface area contributed by atoms with E-state index in [1.165, 1.54) is 10.8 Å². The number of benzene rings is 7. The smallest absolute Gasteiger partial charge is 0.188 e. The molecule has 230 valence electrons. The minimum Gasteiger partial charge on any atom is -0.309 e. The molecular formula is C45H25N5. The molecule has 2 heterocycles. The fraction of sp³-hybridized carbons (Fsp3) is 0. The topological polar surface area (TPSA) is 61.8 Å². The second-order valence-electron chi connectivity index (χ2n) is 12.3. The third-order valence-corrected chi connectivity index (χ3v) is 9.62. The summed E-state index contributed by atoms with van der Waals surface area (Å²) in [5.74, 6) is 0. The van der Waals surface area contributed by atoms with Gasteiger partial charge in [0.05, 0.1) is 57.6 Å². The molecular weight excluding hydrogens is 611 g/mol. The first-order valence-electron chi connectivity index (χ1n) is 16.3. The Hall–Kier alpha value is -7.39. The molecule has 0 aliphatic rings. The number of nitriles is 2. The average Bonchev–Trinajstić information content (AvgIpc) is 3.70. The molecule has 5 heteroatoms. The quantitative estimate of drug-likeness (QED) is 0.181. The van der Waals surface area contributed by atoms with Gasteiger partial charge < -0.3 is 9.13 Å². The first-order chi connectivity index (χ1) is 24.7. The normalized spacial score (nSPS) is 11.1. The molecule has 9 aromatic rings. The van der Waals surface area contributed by atoms with Gasteiger partial charge >= 0.3 is 0 Å². The number of aromatic nitrogens is 2. The molecule has 0 spiro atoms. The monoisotopic (exact) mass is 635 g/mol. The third-order valence-electron chi connectivity index (χ3n) is 9.62. The molecule has 0 saturated carbocycles. The lowest BCUT2D eigenvalue weighted by atomic mass is 9.89. The van der Waals surface area contributed by atoms with E-state index in [1.54, 1.807) is 0 Å². The van der Waals surface area contributed by atoms with Crippen LogP contribution in [0.3, 0.4) is 0 Å². The molecule has 0 fully saturated rings. The van der Waals surface area contributed by atoms with Crippen LogP contribution in [0.15, 0.2) is 152 Å². The molecule has 0 unspecified atom stereocenters. The molecule has 0 atom stereocenters. The summed E-state index contributed by atoms with van der Waals surface area (Å²) in [6, 6.07) is 55.5. The van der Waals surface area contributed by atoms with E-state index in [2.05, 4.69) is 111 Å². The van der Waals surface area contributed by atoms with Crippen LogP contribution in [0.2, 0.25) is 0 Å². The summed E-state index contributed by atoms with van der Waals surface area (Å²) >= 11 is 0. The van der Waals surface area contributed by atoms with Crippen molar-refractivity contribution in [3.63, 3.8) is 0 Å². The van der Waals surface area contributed by atoms with E-state index in [9.17, 15) is 10.5 Å². The summed E-state index contributed by atoms with van der Waals surface area (Å²) in [5.41, 5.74) is 11.1. The van der Waals surface area contributed by atoms with Crippen molar-refractivity contribution in [1.82, 2.24) is 9.13 Å². The molecule has 0 bridgehead atoms. The van der Waals surface area contributed by atoms with Crippen molar-refractivity contribution in [3.05, 3.63) is 174 Å². The van der Waals surface area contributed by atoms with Crippen molar-refractivity contribution in [1.29, 1.82) is 10.5 Å². The van der Waals surface area contributed by atoms with Crippen molar-refractivity contribution < 1.29 is 0 Å². The second-order valence-corrected chi connectivity index (χ2v) is 12.3. The molecule has 0 aliphatic heterocycles. The summed E-state index contributed by atoms with van der Waals surface area (Å²) < 4.78 is 4.47. The van der Waals surface area contributed by atoms with E-state index in [4.69, 9.17) is 6.57 Å². The van der Waals surface area contributed by atoms with Gasteiger partial charge in [-0.25, -0.2) is 4.85 Å². The lowest BCUT2D eigenvalue weighted by Crippen LogP contribution is -2.01. The van der Waals surface area contributed by atoms with Gasteiger partial charge in [0.1, 0.15) is 0 Å². The molecule has 2 aromatic heterocycles. The Labute approximate surface area is 288 Å². The minimum absolute atomic E-state index is 0.527. The van der Waals surface area contributed by atoms with Crippen LogP contribution in [0, 0.1) is 29.2 Å². The van der Waals surface area contributed by atoms with Gasteiger partial charge in [-0.1, -0.05) is 84.9 Å². The van der Waals surface area contributed by atoms with Crippen LogP contribution in [0.4, 0.5) is 5.69 Å². The highest BCUT2D eigenvalue weighted by atomic mass is 15.0. The van der Waals surface area contributed by atoms with E-state index < -0.39 is 0 Å². The first-order valence-corrected chi connectivity index (χ1v) is 16.3. The van der Waals surface area contributed by atoms with Crippen LogP contribution in [0.25, 0.3) is 82.1 Å². The summed E-state index contributed by atoms with van der Waals surface area (Å²) in [5, 5.41) is 24.9. The van der Waals surface area contributed by atoms with Crippen molar-refractivity contribution in [3.8, 4) is 45.8 Å². The second kappa shape index (κ2) is 11.4. The highest BCUT2D eigenvalue weighted by Gasteiger charge is 2.21. The summed E-state index contributed by atoms with van der Waals surface area (Å²) in [4.78, 5) is 3.69. The minimum atomic E-state index is 0.527. The molecule has 0 radical (unpaired) electrons. The van der Waals surface area contributed by atoms with Crippen molar-refractivity contribution in [2.75, 3.05) is 0 Å². The van der Waals surface area contributed by atoms with Gasteiger partial charge in [-0.2, -0.15) is 10.5 Å². The van der Waals surface area contributed by atoms with Crippen molar-refractivity contribution in [2.24, 2.45) is 0 Å². The number of para-hydroxylation sites is 3. The Morgan fingerprint density at radius 3 is 1.76 bits per heavy atom. The Bertz CT molecular complexity index is 2900. The third kappa shape index (κ3) is 4.31. The number of rotatable bonds is 4. The van der Waals surface area contributed by atoms with E-state index in [1.807, 2.05) is 66.7 Å². The maximum absolute atomic E-state index is 10.5. The van der Waals surface area contributed by atoms with Gasteiger partial charge in [0, 0.05) is 27.4 Å². The lowest BCUT2D eigenvalue weighted by molar-refractivity contribution is 1.18. The van der Waals surface area contributed by atoms with E-state index >= 15 is 0 Å². The molecule has 5 nitrogen and oxygen atoms in total. The van der Waals surface area contributed by atoms with Crippen LogP contribution in [-0.4, -0.2) is 9.13 Å². The Morgan fingerprint density at radius 2 is 1.12 bits per heavy atom. The Kier molecular flexibility index (Phi) is 6.56. The van der Waals surface area contributed by atoms with E-state index in [-0.39, 0.29) is 0 Å². The van der Waals surface area contributed by atoms with Gasteiger partial charge in [0.25, 0.3) is 0 Å². The van der Waals surface area contributed by atoms with Gasteiger partial charge in [0.2, 0.25) is 0 Å². The highest BCUT2D eigenvalue weighted by Crippen LogP contribution is 2.42. The van der Waals surface area contributed by atoms with Crippen LogP contribution in [0.5, 0.6) is 0 Å². The zero-order valence-corrected chi connectivity index (χ0v) is 26.7. The summed E-state index contributed by atoms with van der Waals surface area (Å²) in [6.07, 6.45) is 0. The fourth-order valence-electron chi connectivity index (χ4n) is 7.45. The standard InChI is InChI=1S/C45H25N5/c1-48-32-20-24-43-39(26-32)36-12-4-7-15-42(36)50(43)44-16-8-9-31(28-47)45(44)37-23-17-29(27-46)25-38(37)30-18-21-33(22-19-30)49-40-13-5-2-10-34(40)35-11-3-6-14-41(35)49/h2-26H. The molecule has 0 amide bonds. The van der Waals surface area contributed by atoms with Gasteiger partial charge in [-0.05, 0) is 88.8 Å². The number of fused-ring (bicyclic) bond motifs is 6. The Morgan fingerprint density at radius 1 is 0.500 bits per heavy atom. The van der Waals surface area contributed by atoms with Crippen LogP contribution < -0.4 is 0 Å².